The molecular formula is C11H15Cl2N3O2. The first kappa shape index (κ1) is 15.2. The molecule has 0 bridgehead atoms. The van der Waals surface area contributed by atoms with E-state index in [1.54, 1.807) is 12.1 Å². The van der Waals surface area contributed by atoms with Crippen molar-refractivity contribution in [1.29, 1.82) is 0 Å². The van der Waals surface area contributed by atoms with Crippen LogP contribution in [0.2, 0.25) is 5.02 Å². The van der Waals surface area contributed by atoms with E-state index in [2.05, 4.69) is 15.6 Å². The molecule has 1 aromatic rings. The number of aromatic nitrogens is 1. The fourth-order valence-electron chi connectivity index (χ4n) is 1.56. The smallest absolute Gasteiger partial charge is 0.269 e. The van der Waals surface area contributed by atoms with Crippen LogP contribution in [0, 0.1) is 0 Å². The van der Waals surface area contributed by atoms with Gasteiger partial charge in [-0.15, -0.1) is 12.4 Å². The van der Waals surface area contributed by atoms with Gasteiger partial charge >= 0.3 is 0 Å². The summed E-state index contributed by atoms with van der Waals surface area (Å²) in [6, 6.07) is 3.24. The van der Waals surface area contributed by atoms with E-state index >= 15 is 0 Å². The second-order valence-electron chi connectivity index (χ2n) is 3.77. The molecular weight excluding hydrogens is 277 g/mol. The molecule has 2 heterocycles. The number of carbonyl (C=O) groups is 1. The molecule has 2 rings (SSSR count). The van der Waals surface area contributed by atoms with Crippen LogP contribution in [0.1, 0.15) is 10.5 Å². The van der Waals surface area contributed by atoms with Gasteiger partial charge in [-0.25, -0.2) is 4.98 Å². The summed E-state index contributed by atoms with van der Waals surface area (Å²) in [6.07, 6.45) is 1.48. The maximum absolute atomic E-state index is 11.7. The average Bonchev–Trinajstić information content (AvgIpc) is 2.38. The first-order valence-electron chi connectivity index (χ1n) is 5.48. The van der Waals surface area contributed by atoms with Gasteiger partial charge in [0.15, 0.2) is 0 Å². The highest BCUT2D eigenvalue weighted by Gasteiger charge is 2.15. The van der Waals surface area contributed by atoms with Crippen LogP contribution in [0.4, 0.5) is 0 Å². The van der Waals surface area contributed by atoms with Crippen molar-refractivity contribution in [3.05, 3.63) is 29.0 Å². The third-order valence-electron chi connectivity index (χ3n) is 2.45. The van der Waals surface area contributed by atoms with E-state index < -0.39 is 0 Å². The number of halogens is 2. The van der Waals surface area contributed by atoms with Crippen molar-refractivity contribution in [2.45, 2.75) is 6.10 Å². The quantitative estimate of drug-likeness (QED) is 0.868. The van der Waals surface area contributed by atoms with Crippen LogP contribution in [-0.2, 0) is 4.74 Å². The number of ether oxygens (including phenoxy) is 1. The number of carbonyl (C=O) groups excluding carboxylic acids is 1. The molecule has 0 saturated carbocycles. The first-order valence-corrected chi connectivity index (χ1v) is 5.85. The first-order chi connectivity index (χ1) is 8.25. The molecule has 1 aliphatic rings. The monoisotopic (exact) mass is 291 g/mol. The molecule has 7 heteroatoms. The van der Waals surface area contributed by atoms with E-state index in [1.165, 1.54) is 6.20 Å². The maximum atomic E-state index is 11.7. The minimum Gasteiger partial charge on any atom is -0.374 e. The van der Waals surface area contributed by atoms with Gasteiger partial charge in [-0.2, -0.15) is 0 Å². The average molecular weight is 292 g/mol. The van der Waals surface area contributed by atoms with Gasteiger partial charge in [0.05, 0.1) is 17.7 Å². The fraction of sp³-hybridized carbons (Fsp3) is 0.455. The van der Waals surface area contributed by atoms with Gasteiger partial charge in [0, 0.05) is 25.8 Å². The lowest BCUT2D eigenvalue weighted by atomic mass is 10.3. The number of morpholine rings is 1. The van der Waals surface area contributed by atoms with Crippen LogP contribution in [-0.4, -0.2) is 43.2 Å². The van der Waals surface area contributed by atoms with Gasteiger partial charge in [0.25, 0.3) is 5.91 Å². The highest BCUT2D eigenvalue weighted by Crippen LogP contribution is 2.06. The van der Waals surface area contributed by atoms with Crippen LogP contribution >= 0.6 is 24.0 Å². The van der Waals surface area contributed by atoms with E-state index in [0.717, 1.165) is 13.1 Å². The molecule has 2 N–H and O–H groups in total. The molecule has 0 spiro atoms. The molecule has 1 fully saturated rings. The molecule has 0 radical (unpaired) electrons. The number of hydrogen-bond acceptors (Lipinski definition) is 4. The Morgan fingerprint density at radius 1 is 1.61 bits per heavy atom. The van der Waals surface area contributed by atoms with Crippen LogP contribution in [0.25, 0.3) is 0 Å². The van der Waals surface area contributed by atoms with Crippen LogP contribution in [0.5, 0.6) is 0 Å². The van der Waals surface area contributed by atoms with E-state index in [9.17, 15) is 4.79 Å². The van der Waals surface area contributed by atoms with Crippen molar-refractivity contribution in [1.82, 2.24) is 15.6 Å². The normalized spacial score (nSPS) is 18.8. The Morgan fingerprint density at radius 3 is 3.06 bits per heavy atom. The van der Waals surface area contributed by atoms with Gasteiger partial charge in [-0.1, -0.05) is 11.6 Å². The van der Waals surface area contributed by atoms with Gasteiger partial charge in [-0.05, 0) is 12.1 Å². The zero-order chi connectivity index (χ0) is 12.1. The van der Waals surface area contributed by atoms with Gasteiger partial charge in [0.2, 0.25) is 0 Å². The van der Waals surface area contributed by atoms with Crippen molar-refractivity contribution in [2.24, 2.45) is 0 Å². The largest absolute Gasteiger partial charge is 0.374 e. The molecule has 1 saturated heterocycles. The molecule has 100 valence electrons. The summed E-state index contributed by atoms with van der Waals surface area (Å²) in [6.45, 7) is 2.79. The summed E-state index contributed by atoms with van der Waals surface area (Å²) in [5, 5.41) is 6.49. The minimum atomic E-state index is -0.212. The number of nitrogens with zero attached hydrogens (tertiary/aromatic N) is 1. The minimum absolute atomic E-state index is 0. The van der Waals surface area contributed by atoms with Crippen molar-refractivity contribution < 1.29 is 9.53 Å². The number of nitrogens with one attached hydrogen (secondary N) is 2. The van der Waals surface area contributed by atoms with E-state index in [1.807, 2.05) is 0 Å². The number of rotatable bonds is 3. The highest BCUT2D eigenvalue weighted by atomic mass is 35.5. The third kappa shape index (κ3) is 4.42. The van der Waals surface area contributed by atoms with Crippen molar-refractivity contribution in [2.75, 3.05) is 26.2 Å². The maximum Gasteiger partial charge on any atom is 0.269 e. The molecule has 1 amide bonds. The summed E-state index contributed by atoms with van der Waals surface area (Å²) < 4.78 is 5.46. The molecule has 5 nitrogen and oxygen atoms in total. The predicted molar refractivity (Wildman–Crippen MR) is 71.4 cm³/mol. The topological polar surface area (TPSA) is 63.2 Å². The van der Waals surface area contributed by atoms with Crippen LogP contribution in [0.15, 0.2) is 18.3 Å². The van der Waals surface area contributed by atoms with E-state index in [-0.39, 0.29) is 24.4 Å². The van der Waals surface area contributed by atoms with Gasteiger partial charge in [-0.3, -0.25) is 4.79 Å². The highest BCUT2D eigenvalue weighted by molar-refractivity contribution is 6.30. The standard InChI is InChI=1S/C11H14ClN3O2.ClH/c12-8-1-2-10(14-5-8)11(16)15-7-9-6-13-3-4-17-9;/h1-2,5,9,13H,3-4,6-7H2,(H,15,16);1H. The molecule has 1 aromatic heterocycles. The zero-order valence-electron chi connectivity index (χ0n) is 9.69. The Hall–Kier alpha value is -0.880. The van der Waals surface area contributed by atoms with Crippen LogP contribution in [0.3, 0.4) is 0 Å². The summed E-state index contributed by atoms with van der Waals surface area (Å²) in [7, 11) is 0. The van der Waals surface area contributed by atoms with Crippen LogP contribution < -0.4 is 10.6 Å². The second kappa shape index (κ2) is 7.53. The molecule has 1 aliphatic heterocycles. The molecule has 1 unspecified atom stereocenters. The lowest BCUT2D eigenvalue weighted by Crippen LogP contribution is -2.45. The Balaban J connectivity index is 0.00000162. The fourth-order valence-corrected chi connectivity index (χ4v) is 1.67. The molecule has 1 atom stereocenters. The Labute approximate surface area is 117 Å². The van der Waals surface area contributed by atoms with Crippen molar-refractivity contribution >= 4 is 29.9 Å². The Morgan fingerprint density at radius 2 is 2.44 bits per heavy atom. The van der Waals surface area contributed by atoms with Gasteiger partial charge < -0.3 is 15.4 Å². The van der Waals surface area contributed by atoms with Gasteiger partial charge in [0.1, 0.15) is 5.69 Å². The third-order valence-corrected chi connectivity index (χ3v) is 2.68. The lowest BCUT2D eigenvalue weighted by molar-refractivity contribution is 0.0287. The zero-order valence-corrected chi connectivity index (χ0v) is 11.3. The van der Waals surface area contributed by atoms with E-state index in [0.29, 0.717) is 23.9 Å². The molecule has 0 aliphatic carbocycles. The lowest BCUT2D eigenvalue weighted by Gasteiger charge is -2.23. The SMILES string of the molecule is Cl.O=C(NCC1CNCCO1)c1ccc(Cl)cn1. The number of pyridine rings is 1. The molecule has 18 heavy (non-hydrogen) atoms. The molecule has 0 aromatic carbocycles. The van der Waals surface area contributed by atoms with Crippen molar-refractivity contribution in [3.63, 3.8) is 0 Å². The predicted octanol–water partition coefficient (Wildman–Crippen LogP) is 0.875. The Bertz CT molecular complexity index is 380. The number of hydrogen-bond donors (Lipinski definition) is 2. The van der Waals surface area contributed by atoms with E-state index in [4.69, 9.17) is 16.3 Å². The van der Waals surface area contributed by atoms with Crippen molar-refractivity contribution in [3.8, 4) is 0 Å². The summed E-state index contributed by atoms with van der Waals surface area (Å²) >= 11 is 5.69. The summed E-state index contributed by atoms with van der Waals surface area (Å²) in [5.74, 6) is -0.212. The second-order valence-corrected chi connectivity index (χ2v) is 4.21. The Kier molecular flexibility index (Phi) is 6.35. The summed E-state index contributed by atoms with van der Waals surface area (Å²) in [5.41, 5.74) is 0.359. The summed E-state index contributed by atoms with van der Waals surface area (Å²) in [4.78, 5) is 15.6. The number of amides is 1.